The van der Waals surface area contributed by atoms with Crippen molar-refractivity contribution in [1.29, 1.82) is 0 Å². The maximum Gasteiger partial charge on any atom is 0.338 e. The fraction of sp³-hybridized carbons (Fsp3) is 0.154. The van der Waals surface area contributed by atoms with Crippen molar-refractivity contribution in [2.24, 2.45) is 0 Å². The van der Waals surface area contributed by atoms with Crippen LogP contribution in [0.15, 0.2) is 35.7 Å². The van der Waals surface area contributed by atoms with Gasteiger partial charge in [0.1, 0.15) is 12.4 Å². The van der Waals surface area contributed by atoms with Crippen LogP contribution in [0.2, 0.25) is 0 Å². The predicted molar refractivity (Wildman–Crippen MR) is 64.6 cm³/mol. The van der Waals surface area contributed by atoms with E-state index in [-0.39, 0.29) is 12.4 Å². The van der Waals surface area contributed by atoms with Crippen molar-refractivity contribution in [3.63, 3.8) is 0 Å². The molecule has 1 aromatic carbocycles. The summed E-state index contributed by atoms with van der Waals surface area (Å²) in [6.45, 7) is 1.94. The molecule has 1 heterocycles. The topological polar surface area (TPSA) is 26.3 Å². The van der Waals surface area contributed by atoms with Crippen LogP contribution in [0, 0.1) is 12.7 Å². The van der Waals surface area contributed by atoms with E-state index in [1.165, 1.54) is 29.5 Å². The Bertz CT molecular complexity index is 520. The molecule has 2 aromatic rings. The molecule has 0 atom stereocenters. The summed E-state index contributed by atoms with van der Waals surface area (Å²) in [5, 5.41) is 1.92. The molecule has 0 bridgehead atoms. The summed E-state index contributed by atoms with van der Waals surface area (Å²) in [7, 11) is 0. The molecule has 0 amide bonds. The highest BCUT2D eigenvalue weighted by Gasteiger charge is 2.11. The van der Waals surface area contributed by atoms with Gasteiger partial charge in [0.25, 0.3) is 0 Å². The summed E-state index contributed by atoms with van der Waals surface area (Å²) in [6, 6.07) is 7.82. The molecule has 1 aromatic heterocycles. The normalized spacial score (nSPS) is 10.2. The lowest BCUT2D eigenvalue weighted by Gasteiger charge is -2.06. The average molecular weight is 250 g/mol. The fourth-order valence-corrected chi connectivity index (χ4v) is 2.08. The Morgan fingerprint density at radius 1 is 1.41 bits per heavy atom. The zero-order valence-corrected chi connectivity index (χ0v) is 10.1. The Labute approximate surface area is 103 Å². The third kappa shape index (κ3) is 2.91. The van der Waals surface area contributed by atoms with Crippen LogP contribution in [0.25, 0.3) is 0 Å². The smallest absolute Gasteiger partial charge is 0.338 e. The van der Waals surface area contributed by atoms with E-state index in [0.29, 0.717) is 11.1 Å². The van der Waals surface area contributed by atoms with Gasteiger partial charge in [-0.25, -0.2) is 9.18 Å². The molecule has 4 heteroatoms. The van der Waals surface area contributed by atoms with Crippen LogP contribution < -0.4 is 0 Å². The highest BCUT2D eigenvalue weighted by molar-refractivity contribution is 7.09. The molecule has 0 saturated heterocycles. The molecule has 0 unspecified atom stereocenters. The van der Waals surface area contributed by atoms with Crippen LogP contribution in [0.5, 0.6) is 0 Å². The second-order valence-electron chi connectivity index (χ2n) is 3.61. The van der Waals surface area contributed by atoms with Gasteiger partial charge in [-0.1, -0.05) is 6.07 Å². The summed E-state index contributed by atoms with van der Waals surface area (Å²) in [6.07, 6.45) is 0. The van der Waals surface area contributed by atoms with Crippen molar-refractivity contribution in [2.45, 2.75) is 13.5 Å². The summed E-state index contributed by atoms with van der Waals surface area (Å²) in [4.78, 5) is 12.7. The van der Waals surface area contributed by atoms with Crippen molar-refractivity contribution in [3.8, 4) is 0 Å². The molecule has 0 aliphatic heterocycles. The van der Waals surface area contributed by atoms with E-state index in [0.717, 1.165) is 4.88 Å². The van der Waals surface area contributed by atoms with Crippen LogP contribution in [0.3, 0.4) is 0 Å². The number of aryl methyl sites for hydroxylation is 1. The molecular weight excluding hydrogens is 239 g/mol. The minimum absolute atomic E-state index is 0.257. The molecule has 2 nitrogen and oxygen atoms in total. The van der Waals surface area contributed by atoms with Gasteiger partial charge in [0.2, 0.25) is 0 Å². The van der Waals surface area contributed by atoms with Gasteiger partial charge in [0.05, 0.1) is 5.56 Å². The Morgan fingerprint density at radius 3 is 2.88 bits per heavy atom. The second kappa shape index (κ2) is 5.10. The van der Waals surface area contributed by atoms with E-state index in [4.69, 9.17) is 4.74 Å². The number of benzene rings is 1. The zero-order valence-electron chi connectivity index (χ0n) is 9.27. The van der Waals surface area contributed by atoms with E-state index in [2.05, 4.69) is 0 Å². The van der Waals surface area contributed by atoms with Crippen molar-refractivity contribution >= 4 is 17.3 Å². The van der Waals surface area contributed by atoms with Gasteiger partial charge in [-0.15, -0.1) is 11.3 Å². The minimum Gasteiger partial charge on any atom is -0.456 e. The first-order valence-electron chi connectivity index (χ1n) is 5.12. The van der Waals surface area contributed by atoms with Crippen LogP contribution in [-0.4, -0.2) is 5.97 Å². The first-order chi connectivity index (χ1) is 8.16. The third-order valence-electron chi connectivity index (χ3n) is 2.33. The molecule has 0 radical (unpaired) electrons. The Hall–Kier alpha value is -1.68. The van der Waals surface area contributed by atoms with Gasteiger partial charge in [-0.3, -0.25) is 0 Å². The Kier molecular flexibility index (Phi) is 3.54. The number of carbonyl (C=O) groups excluding carboxylic acids is 1. The number of ether oxygens (including phenoxy) is 1. The molecule has 0 fully saturated rings. The van der Waals surface area contributed by atoms with Crippen molar-refractivity contribution in [1.82, 2.24) is 0 Å². The van der Waals surface area contributed by atoms with Crippen LogP contribution >= 0.6 is 11.3 Å². The highest BCUT2D eigenvalue weighted by atomic mass is 32.1. The quantitative estimate of drug-likeness (QED) is 0.779. The molecule has 17 heavy (non-hydrogen) atoms. The fourth-order valence-electron chi connectivity index (χ4n) is 1.47. The van der Waals surface area contributed by atoms with Crippen LogP contribution in [0.1, 0.15) is 20.8 Å². The van der Waals surface area contributed by atoms with Crippen LogP contribution in [-0.2, 0) is 11.3 Å². The van der Waals surface area contributed by atoms with Gasteiger partial charge in [-0.05, 0) is 42.1 Å². The number of carbonyl (C=O) groups is 1. The molecule has 2 rings (SSSR count). The molecule has 0 aliphatic carbocycles. The molecule has 0 N–H and O–H groups in total. The Morgan fingerprint density at radius 2 is 2.24 bits per heavy atom. The van der Waals surface area contributed by atoms with Crippen LogP contribution in [0.4, 0.5) is 4.39 Å². The lowest BCUT2D eigenvalue weighted by atomic mass is 10.1. The van der Waals surface area contributed by atoms with Gasteiger partial charge in [-0.2, -0.15) is 0 Å². The molecular formula is C13H11FO2S. The highest BCUT2D eigenvalue weighted by Crippen LogP contribution is 2.14. The minimum atomic E-state index is -0.420. The predicted octanol–water partition coefficient (Wildman–Crippen LogP) is 3.55. The molecule has 0 saturated carbocycles. The van der Waals surface area contributed by atoms with Gasteiger partial charge >= 0.3 is 5.97 Å². The summed E-state index contributed by atoms with van der Waals surface area (Å²) in [5.41, 5.74) is 0.990. The van der Waals surface area contributed by atoms with E-state index in [1.807, 2.05) is 17.5 Å². The summed E-state index contributed by atoms with van der Waals surface area (Å²) in [5.74, 6) is -0.770. The van der Waals surface area contributed by atoms with Gasteiger partial charge in [0, 0.05) is 4.88 Å². The van der Waals surface area contributed by atoms with E-state index in [1.54, 1.807) is 6.92 Å². The number of halogens is 1. The summed E-state index contributed by atoms with van der Waals surface area (Å²) >= 11 is 1.53. The van der Waals surface area contributed by atoms with Gasteiger partial charge in [0.15, 0.2) is 0 Å². The SMILES string of the molecule is Cc1cc(F)ccc1C(=O)OCc1cccs1. The zero-order chi connectivity index (χ0) is 12.3. The lowest BCUT2D eigenvalue weighted by Crippen LogP contribution is -2.06. The van der Waals surface area contributed by atoms with E-state index >= 15 is 0 Å². The molecule has 0 spiro atoms. The van der Waals surface area contributed by atoms with Gasteiger partial charge < -0.3 is 4.74 Å². The van der Waals surface area contributed by atoms with Crippen molar-refractivity contribution < 1.29 is 13.9 Å². The third-order valence-corrected chi connectivity index (χ3v) is 3.18. The number of esters is 1. The average Bonchev–Trinajstić information content (AvgIpc) is 2.78. The standard InChI is InChI=1S/C13H11FO2S/c1-9-7-10(14)4-5-12(9)13(15)16-8-11-3-2-6-17-11/h2-7H,8H2,1H3. The lowest BCUT2D eigenvalue weighted by molar-refractivity contribution is 0.0476. The number of hydrogen-bond acceptors (Lipinski definition) is 3. The Balaban J connectivity index is 2.04. The molecule has 0 aliphatic rings. The summed E-state index contributed by atoms with van der Waals surface area (Å²) < 4.78 is 18.0. The number of hydrogen-bond donors (Lipinski definition) is 0. The number of thiophene rings is 1. The largest absolute Gasteiger partial charge is 0.456 e. The molecule has 88 valence electrons. The maximum atomic E-state index is 12.9. The maximum absolute atomic E-state index is 12.9. The number of rotatable bonds is 3. The first kappa shape index (κ1) is 11.8. The monoisotopic (exact) mass is 250 g/mol. The van der Waals surface area contributed by atoms with E-state index < -0.39 is 5.97 Å². The first-order valence-corrected chi connectivity index (χ1v) is 6.00. The second-order valence-corrected chi connectivity index (χ2v) is 4.65. The van der Waals surface area contributed by atoms with E-state index in [9.17, 15) is 9.18 Å². The van der Waals surface area contributed by atoms with Crippen molar-refractivity contribution in [3.05, 3.63) is 57.5 Å². The van der Waals surface area contributed by atoms with Crippen molar-refractivity contribution in [2.75, 3.05) is 0 Å².